The van der Waals surface area contributed by atoms with Gasteiger partial charge >= 0.3 is 0 Å². The number of ether oxygens (including phenoxy) is 1. The second-order valence-corrected chi connectivity index (χ2v) is 8.41. The molecule has 31 heavy (non-hydrogen) atoms. The minimum absolute atomic E-state index is 0.0298. The van der Waals surface area contributed by atoms with E-state index in [9.17, 15) is 9.18 Å². The Morgan fingerprint density at radius 2 is 1.94 bits per heavy atom. The Labute approximate surface area is 179 Å². The Hall–Kier alpha value is -3.06. The lowest BCUT2D eigenvalue weighted by molar-refractivity contribution is 0.181. The summed E-state index contributed by atoms with van der Waals surface area (Å²) in [7, 11) is 1.61. The van der Waals surface area contributed by atoms with Gasteiger partial charge in [0.15, 0.2) is 5.65 Å². The summed E-state index contributed by atoms with van der Waals surface area (Å²) in [4.78, 5) is 18.0. The van der Waals surface area contributed by atoms with E-state index in [1.807, 2.05) is 16.8 Å². The molecule has 5 rings (SSSR count). The van der Waals surface area contributed by atoms with Gasteiger partial charge < -0.3 is 9.30 Å². The third-order valence-corrected chi connectivity index (χ3v) is 6.45. The van der Waals surface area contributed by atoms with E-state index in [0.717, 1.165) is 30.4 Å². The first kappa shape index (κ1) is 19.9. The quantitative estimate of drug-likeness (QED) is 0.478. The number of halogens is 1. The van der Waals surface area contributed by atoms with Gasteiger partial charge in [0.05, 0.1) is 28.8 Å². The summed E-state index contributed by atoms with van der Waals surface area (Å²) in [5.74, 6) is 0.174. The summed E-state index contributed by atoms with van der Waals surface area (Å²) in [5, 5.41) is 5.26. The molecule has 1 fully saturated rings. The third-order valence-electron chi connectivity index (χ3n) is 6.45. The van der Waals surface area contributed by atoms with Crippen LogP contribution < -0.4 is 5.56 Å². The zero-order valence-corrected chi connectivity index (χ0v) is 17.7. The van der Waals surface area contributed by atoms with Crippen molar-refractivity contribution in [3.05, 3.63) is 64.6 Å². The Kier molecular flexibility index (Phi) is 5.06. The second-order valence-electron chi connectivity index (χ2n) is 8.41. The lowest BCUT2D eigenvalue weighted by Gasteiger charge is -2.30. The summed E-state index contributed by atoms with van der Waals surface area (Å²) in [6, 6.07) is 8.42. The summed E-state index contributed by atoms with van der Waals surface area (Å²) in [6.07, 6.45) is 8.08. The fraction of sp³-hybridized carbons (Fsp3) is 0.375. The molecule has 1 saturated carbocycles. The molecule has 1 aliphatic carbocycles. The molecule has 0 amide bonds. The molecule has 160 valence electrons. The highest BCUT2D eigenvalue weighted by molar-refractivity contribution is 5.86. The third kappa shape index (κ3) is 3.33. The smallest absolute Gasteiger partial charge is 0.261 e. The Morgan fingerprint density at radius 1 is 1.16 bits per heavy atom. The molecule has 7 heteroatoms. The molecule has 3 aromatic heterocycles. The summed E-state index contributed by atoms with van der Waals surface area (Å²) in [5.41, 5.74) is 3.58. The first-order valence-corrected chi connectivity index (χ1v) is 10.7. The van der Waals surface area contributed by atoms with E-state index in [1.54, 1.807) is 30.0 Å². The van der Waals surface area contributed by atoms with Crippen molar-refractivity contribution in [3.8, 4) is 11.1 Å². The van der Waals surface area contributed by atoms with Crippen molar-refractivity contribution in [1.82, 2.24) is 19.2 Å². The van der Waals surface area contributed by atoms with E-state index >= 15 is 0 Å². The first-order valence-electron chi connectivity index (χ1n) is 10.7. The molecule has 0 bridgehead atoms. The molecule has 2 atom stereocenters. The predicted octanol–water partition coefficient (Wildman–Crippen LogP) is 4.75. The van der Waals surface area contributed by atoms with Crippen molar-refractivity contribution < 1.29 is 9.13 Å². The first-order chi connectivity index (χ1) is 15.1. The van der Waals surface area contributed by atoms with Gasteiger partial charge in [-0.2, -0.15) is 5.10 Å². The summed E-state index contributed by atoms with van der Waals surface area (Å²) < 4.78 is 22.4. The van der Waals surface area contributed by atoms with Gasteiger partial charge in [-0.25, -0.2) is 13.9 Å². The molecule has 2 unspecified atom stereocenters. The fourth-order valence-electron chi connectivity index (χ4n) is 4.85. The van der Waals surface area contributed by atoms with E-state index in [1.165, 1.54) is 18.6 Å². The number of benzene rings is 1. The van der Waals surface area contributed by atoms with Gasteiger partial charge in [-0.05, 0) is 42.5 Å². The summed E-state index contributed by atoms with van der Waals surface area (Å²) >= 11 is 0. The molecule has 0 saturated heterocycles. The average molecular weight is 420 g/mol. The van der Waals surface area contributed by atoms with Crippen molar-refractivity contribution in [3.63, 3.8) is 0 Å². The van der Waals surface area contributed by atoms with Crippen LogP contribution in [0.1, 0.15) is 44.3 Å². The topological polar surface area (TPSA) is 61.4 Å². The van der Waals surface area contributed by atoms with Gasteiger partial charge in [0.2, 0.25) is 0 Å². The van der Waals surface area contributed by atoms with E-state index < -0.39 is 0 Å². The van der Waals surface area contributed by atoms with Crippen LogP contribution in [0.25, 0.3) is 27.7 Å². The number of pyridine rings is 1. The lowest BCUT2D eigenvalue weighted by Crippen LogP contribution is -2.30. The van der Waals surface area contributed by atoms with Gasteiger partial charge in [0.25, 0.3) is 5.56 Å². The molecule has 6 nitrogen and oxygen atoms in total. The van der Waals surface area contributed by atoms with Crippen LogP contribution in [0.5, 0.6) is 0 Å². The van der Waals surface area contributed by atoms with Gasteiger partial charge in [-0.1, -0.05) is 31.9 Å². The van der Waals surface area contributed by atoms with E-state index in [2.05, 4.69) is 11.9 Å². The average Bonchev–Trinajstić information content (AvgIpc) is 3.14. The predicted molar refractivity (Wildman–Crippen MR) is 118 cm³/mol. The Bertz CT molecular complexity index is 1310. The molecule has 1 aliphatic rings. The van der Waals surface area contributed by atoms with Crippen LogP contribution in [0, 0.1) is 11.7 Å². The zero-order chi connectivity index (χ0) is 21.5. The van der Waals surface area contributed by atoms with Crippen molar-refractivity contribution in [2.75, 3.05) is 7.11 Å². The number of nitrogens with zero attached hydrogens (tertiary/aromatic N) is 4. The number of rotatable bonds is 4. The minimum Gasteiger partial charge on any atom is -0.378 e. The number of hydrogen-bond acceptors (Lipinski definition) is 4. The van der Waals surface area contributed by atoms with Crippen LogP contribution in [0.2, 0.25) is 0 Å². The SMILES string of the molecule is COCc1nn2c(ncc3c(=O)n(C4CCCCC4C)ccc32)c1-c1ccc(F)cc1. The molecule has 3 heterocycles. The summed E-state index contributed by atoms with van der Waals surface area (Å²) in [6.45, 7) is 2.51. The second kappa shape index (κ2) is 7.89. The zero-order valence-electron chi connectivity index (χ0n) is 17.7. The molecule has 0 radical (unpaired) electrons. The van der Waals surface area contributed by atoms with Crippen molar-refractivity contribution in [2.45, 2.75) is 45.3 Å². The van der Waals surface area contributed by atoms with Crippen LogP contribution in [0.4, 0.5) is 4.39 Å². The highest BCUT2D eigenvalue weighted by Crippen LogP contribution is 2.33. The highest BCUT2D eigenvalue weighted by Gasteiger charge is 2.25. The maximum absolute atomic E-state index is 13.5. The lowest BCUT2D eigenvalue weighted by atomic mass is 9.85. The maximum atomic E-state index is 13.5. The van der Waals surface area contributed by atoms with Crippen LogP contribution in [0.3, 0.4) is 0 Å². The maximum Gasteiger partial charge on any atom is 0.261 e. The Balaban J connectivity index is 1.71. The largest absolute Gasteiger partial charge is 0.378 e. The van der Waals surface area contributed by atoms with Gasteiger partial charge in [-0.3, -0.25) is 4.79 Å². The van der Waals surface area contributed by atoms with Crippen LogP contribution in [0.15, 0.2) is 47.5 Å². The number of hydrogen-bond donors (Lipinski definition) is 0. The number of aromatic nitrogens is 4. The molecule has 0 N–H and O–H groups in total. The van der Waals surface area contributed by atoms with E-state index in [4.69, 9.17) is 9.84 Å². The molecular formula is C24H25FN4O2. The standard InChI is InChI=1S/C24H25FN4O2/c1-15-5-3-4-6-20(15)28-12-11-21-18(24(28)30)13-26-23-22(16-7-9-17(25)10-8-16)19(14-31-2)27-29(21)23/h7-13,15,20H,3-6,14H2,1-2H3. The van der Waals surface area contributed by atoms with Crippen molar-refractivity contribution in [2.24, 2.45) is 5.92 Å². The molecule has 0 spiro atoms. The van der Waals surface area contributed by atoms with Crippen molar-refractivity contribution >= 4 is 16.6 Å². The minimum atomic E-state index is -0.301. The number of methoxy groups -OCH3 is 1. The molecule has 4 aromatic rings. The van der Waals surface area contributed by atoms with Gasteiger partial charge in [0.1, 0.15) is 5.82 Å². The fourth-order valence-corrected chi connectivity index (χ4v) is 4.85. The van der Waals surface area contributed by atoms with E-state index in [-0.39, 0.29) is 24.0 Å². The van der Waals surface area contributed by atoms with Gasteiger partial charge in [-0.15, -0.1) is 0 Å². The van der Waals surface area contributed by atoms with E-state index in [0.29, 0.717) is 28.2 Å². The molecular weight excluding hydrogens is 395 g/mol. The highest BCUT2D eigenvalue weighted by atomic mass is 19.1. The normalized spacial score (nSPS) is 19.3. The molecule has 1 aromatic carbocycles. The monoisotopic (exact) mass is 420 g/mol. The van der Waals surface area contributed by atoms with Crippen LogP contribution in [-0.2, 0) is 11.3 Å². The van der Waals surface area contributed by atoms with Crippen LogP contribution >= 0.6 is 0 Å². The molecule has 0 aliphatic heterocycles. The Morgan fingerprint density at radius 3 is 2.68 bits per heavy atom. The number of fused-ring (bicyclic) bond motifs is 3. The van der Waals surface area contributed by atoms with Crippen molar-refractivity contribution in [1.29, 1.82) is 0 Å². The van der Waals surface area contributed by atoms with Crippen LogP contribution in [-0.4, -0.2) is 26.3 Å². The van der Waals surface area contributed by atoms with Gasteiger partial charge in [0, 0.05) is 25.5 Å².